The Balaban J connectivity index is 2.56. The third-order valence-electron chi connectivity index (χ3n) is 2.72. The van der Waals surface area contributed by atoms with Crippen molar-refractivity contribution in [3.63, 3.8) is 0 Å². The van der Waals surface area contributed by atoms with Gasteiger partial charge in [-0.05, 0) is 30.7 Å². The molecule has 0 aromatic heterocycles. The molecule has 20 heavy (non-hydrogen) atoms. The molecule has 3 N–H and O–H groups in total. The molecule has 0 aliphatic carbocycles. The van der Waals surface area contributed by atoms with Crippen LogP contribution in [0.5, 0.6) is 0 Å². The van der Waals surface area contributed by atoms with Crippen LogP contribution in [0.1, 0.15) is 31.7 Å². The summed E-state index contributed by atoms with van der Waals surface area (Å²) < 4.78 is 0. The third kappa shape index (κ3) is 4.98. The number of urea groups is 1. The Morgan fingerprint density at radius 3 is 2.50 bits per heavy atom. The Labute approximate surface area is 117 Å². The summed E-state index contributed by atoms with van der Waals surface area (Å²) in [5, 5.41) is 22.6. The van der Waals surface area contributed by atoms with Crippen molar-refractivity contribution >= 4 is 17.7 Å². The number of carboxylic acids is 1. The molecular formula is C14H17N3O3. The fraction of sp³-hybridized carbons (Fsp3) is 0.357. The predicted molar refractivity (Wildman–Crippen MR) is 74.3 cm³/mol. The first-order chi connectivity index (χ1) is 9.56. The van der Waals surface area contributed by atoms with Gasteiger partial charge in [-0.1, -0.05) is 19.8 Å². The summed E-state index contributed by atoms with van der Waals surface area (Å²) in [5.41, 5.74) is 0.989. The second-order valence-corrected chi connectivity index (χ2v) is 4.32. The minimum absolute atomic E-state index is 0.395. The topological polar surface area (TPSA) is 102 Å². The number of unbranched alkanes of at least 4 members (excludes halogenated alkanes) is 1. The summed E-state index contributed by atoms with van der Waals surface area (Å²) >= 11 is 0. The maximum atomic E-state index is 11.7. The van der Waals surface area contributed by atoms with Gasteiger partial charge in [0.15, 0.2) is 0 Å². The molecule has 0 bridgehead atoms. The van der Waals surface area contributed by atoms with Crippen LogP contribution in [0.25, 0.3) is 0 Å². The molecule has 1 aromatic carbocycles. The first-order valence-corrected chi connectivity index (χ1v) is 6.37. The monoisotopic (exact) mass is 275 g/mol. The van der Waals surface area contributed by atoms with Gasteiger partial charge in [0, 0.05) is 5.69 Å². The summed E-state index contributed by atoms with van der Waals surface area (Å²) in [6, 6.07) is 6.81. The lowest BCUT2D eigenvalue weighted by molar-refractivity contribution is -0.139. The lowest BCUT2D eigenvalue weighted by Gasteiger charge is -2.14. The molecule has 1 aromatic rings. The summed E-state index contributed by atoms with van der Waals surface area (Å²) in [4.78, 5) is 22.7. The Morgan fingerprint density at radius 1 is 1.35 bits per heavy atom. The van der Waals surface area contributed by atoms with E-state index in [0.29, 0.717) is 17.7 Å². The number of aliphatic carboxylic acids is 1. The van der Waals surface area contributed by atoms with Crippen molar-refractivity contribution in [2.24, 2.45) is 0 Å². The highest BCUT2D eigenvalue weighted by Gasteiger charge is 2.18. The Morgan fingerprint density at radius 2 is 2.00 bits per heavy atom. The van der Waals surface area contributed by atoms with Crippen LogP contribution in [0, 0.1) is 11.3 Å². The smallest absolute Gasteiger partial charge is 0.326 e. The molecule has 0 spiro atoms. The molecule has 0 heterocycles. The Hall–Kier alpha value is -2.55. The molecule has 2 amide bonds. The van der Waals surface area contributed by atoms with E-state index in [2.05, 4.69) is 10.6 Å². The van der Waals surface area contributed by atoms with Crippen LogP contribution in [0.3, 0.4) is 0 Å². The molecular weight excluding hydrogens is 258 g/mol. The van der Waals surface area contributed by atoms with E-state index in [1.807, 2.05) is 13.0 Å². The largest absolute Gasteiger partial charge is 0.480 e. The number of carboxylic acid groups (broad SMARTS) is 1. The van der Waals surface area contributed by atoms with Crippen LogP contribution in [0.4, 0.5) is 10.5 Å². The van der Waals surface area contributed by atoms with Gasteiger partial charge in [0.2, 0.25) is 0 Å². The number of carbonyl (C=O) groups is 2. The van der Waals surface area contributed by atoms with E-state index in [9.17, 15) is 9.59 Å². The summed E-state index contributed by atoms with van der Waals surface area (Å²) in [5.74, 6) is -1.05. The minimum atomic E-state index is -1.05. The molecule has 0 aliphatic heterocycles. The predicted octanol–water partition coefficient (Wildman–Crippen LogP) is 2.32. The number of hydrogen-bond donors (Lipinski definition) is 3. The normalized spacial score (nSPS) is 11.2. The maximum Gasteiger partial charge on any atom is 0.326 e. The molecule has 0 saturated carbocycles. The van der Waals surface area contributed by atoms with Gasteiger partial charge in [-0.2, -0.15) is 5.26 Å². The highest BCUT2D eigenvalue weighted by atomic mass is 16.4. The van der Waals surface area contributed by atoms with Gasteiger partial charge in [-0.3, -0.25) is 0 Å². The second kappa shape index (κ2) is 7.79. The van der Waals surface area contributed by atoms with Crippen LogP contribution in [-0.4, -0.2) is 23.1 Å². The molecule has 106 valence electrons. The van der Waals surface area contributed by atoms with Gasteiger partial charge in [-0.25, -0.2) is 9.59 Å². The second-order valence-electron chi connectivity index (χ2n) is 4.32. The van der Waals surface area contributed by atoms with E-state index < -0.39 is 18.0 Å². The number of rotatable bonds is 6. The SMILES string of the molecule is CCCCC(NC(=O)Nc1ccc(C#N)cc1)C(=O)O. The van der Waals surface area contributed by atoms with Gasteiger partial charge < -0.3 is 15.7 Å². The van der Waals surface area contributed by atoms with Crippen molar-refractivity contribution in [3.8, 4) is 6.07 Å². The number of nitriles is 1. The van der Waals surface area contributed by atoms with Crippen molar-refractivity contribution in [2.45, 2.75) is 32.2 Å². The van der Waals surface area contributed by atoms with Crippen LogP contribution in [0.15, 0.2) is 24.3 Å². The first-order valence-electron chi connectivity index (χ1n) is 6.37. The van der Waals surface area contributed by atoms with Crippen molar-refractivity contribution < 1.29 is 14.7 Å². The van der Waals surface area contributed by atoms with Gasteiger partial charge in [-0.15, -0.1) is 0 Å². The maximum absolute atomic E-state index is 11.7. The van der Waals surface area contributed by atoms with Gasteiger partial charge in [0.05, 0.1) is 11.6 Å². The van der Waals surface area contributed by atoms with E-state index in [-0.39, 0.29) is 0 Å². The van der Waals surface area contributed by atoms with Crippen LogP contribution in [-0.2, 0) is 4.79 Å². The standard InChI is InChI=1S/C14H17N3O3/c1-2-3-4-12(13(18)19)17-14(20)16-11-7-5-10(9-15)6-8-11/h5-8,12H,2-4H2,1H3,(H,18,19)(H2,16,17,20). The molecule has 6 nitrogen and oxygen atoms in total. The molecule has 0 radical (unpaired) electrons. The van der Waals surface area contributed by atoms with Gasteiger partial charge >= 0.3 is 12.0 Å². The number of hydrogen-bond acceptors (Lipinski definition) is 3. The third-order valence-corrected chi connectivity index (χ3v) is 2.72. The molecule has 0 saturated heterocycles. The molecule has 0 aliphatic rings. The Bertz CT molecular complexity index is 505. The van der Waals surface area contributed by atoms with E-state index in [0.717, 1.165) is 12.8 Å². The van der Waals surface area contributed by atoms with E-state index in [1.54, 1.807) is 24.3 Å². The summed E-state index contributed by atoms with van der Waals surface area (Å²) in [6.07, 6.45) is 1.99. The van der Waals surface area contributed by atoms with Crippen molar-refractivity contribution in [1.82, 2.24) is 5.32 Å². The summed E-state index contributed by atoms with van der Waals surface area (Å²) in [7, 11) is 0. The highest BCUT2D eigenvalue weighted by Crippen LogP contribution is 2.09. The van der Waals surface area contributed by atoms with E-state index in [1.165, 1.54) is 0 Å². The van der Waals surface area contributed by atoms with E-state index in [4.69, 9.17) is 10.4 Å². The molecule has 1 atom stereocenters. The molecule has 1 rings (SSSR count). The fourth-order valence-electron chi connectivity index (χ4n) is 1.62. The van der Waals surface area contributed by atoms with Crippen molar-refractivity contribution in [3.05, 3.63) is 29.8 Å². The number of benzene rings is 1. The lowest BCUT2D eigenvalue weighted by atomic mass is 10.1. The number of anilines is 1. The zero-order valence-electron chi connectivity index (χ0n) is 11.2. The zero-order valence-corrected chi connectivity index (χ0v) is 11.2. The zero-order chi connectivity index (χ0) is 15.0. The molecule has 1 unspecified atom stereocenters. The molecule has 0 fully saturated rings. The average Bonchev–Trinajstić information content (AvgIpc) is 2.44. The van der Waals surface area contributed by atoms with E-state index >= 15 is 0 Å². The van der Waals surface area contributed by atoms with Crippen molar-refractivity contribution in [1.29, 1.82) is 5.26 Å². The lowest BCUT2D eigenvalue weighted by Crippen LogP contribution is -2.42. The summed E-state index contributed by atoms with van der Waals surface area (Å²) in [6.45, 7) is 1.95. The van der Waals surface area contributed by atoms with Gasteiger partial charge in [0.25, 0.3) is 0 Å². The molecule has 6 heteroatoms. The van der Waals surface area contributed by atoms with Crippen LogP contribution >= 0.6 is 0 Å². The fourth-order valence-corrected chi connectivity index (χ4v) is 1.62. The average molecular weight is 275 g/mol. The van der Waals surface area contributed by atoms with Gasteiger partial charge in [0.1, 0.15) is 6.04 Å². The number of carbonyl (C=O) groups excluding carboxylic acids is 1. The number of nitrogens with zero attached hydrogens (tertiary/aromatic N) is 1. The number of amides is 2. The Kier molecular flexibility index (Phi) is 6.04. The van der Waals surface area contributed by atoms with Crippen LogP contribution in [0.2, 0.25) is 0 Å². The van der Waals surface area contributed by atoms with Crippen molar-refractivity contribution in [2.75, 3.05) is 5.32 Å². The highest BCUT2D eigenvalue weighted by molar-refractivity contribution is 5.92. The first kappa shape index (κ1) is 15.5. The number of nitrogens with one attached hydrogen (secondary N) is 2. The van der Waals surface area contributed by atoms with Crippen LogP contribution < -0.4 is 10.6 Å². The minimum Gasteiger partial charge on any atom is -0.480 e. The quantitative estimate of drug-likeness (QED) is 0.741.